The van der Waals surface area contributed by atoms with Gasteiger partial charge in [0.25, 0.3) is 0 Å². The summed E-state index contributed by atoms with van der Waals surface area (Å²) in [5, 5.41) is 3.72. The Labute approximate surface area is 93.8 Å². The highest BCUT2D eigenvalue weighted by Crippen LogP contribution is 2.13. The monoisotopic (exact) mass is 211 g/mol. The summed E-state index contributed by atoms with van der Waals surface area (Å²) >= 11 is 0. The fourth-order valence-corrected chi connectivity index (χ4v) is 2.73. The van der Waals surface area contributed by atoms with Crippen LogP contribution in [0.3, 0.4) is 0 Å². The minimum atomic E-state index is 0.733. The number of likely N-dealkylation sites (N-methyl/N-ethyl adjacent to an activating group) is 1. The first-order valence-electron chi connectivity index (χ1n) is 6.41. The SMILES string of the molecule is CC1CCCC(CN2CCN(C)CC2)N1. The lowest BCUT2D eigenvalue weighted by molar-refractivity contribution is 0.132. The van der Waals surface area contributed by atoms with Crippen LogP contribution in [0.25, 0.3) is 0 Å². The molecular weight excluding hydrogens is 186 g/mol. The number of rotatable bonds is 2. The molecule has 2 unspecified atom stereocenters. The molecule has 0 saturated carbocycles. The third-order valence-corrected chi connectivity index (χ3v) is 3.78. The molecule has 2 aliphatic heterocycles. The molecule has 0 bridgehead atoms. The van der Waals surface area contributed by atoms with E-state index >= 15 is 0 Å². The average Bonchev–Trinajstić information content (AvgIpc) is 2.22. The topological polar surface area (TPSA) is 18.5 Å². The zero-order chi connectivity index (χ0) is 10.7. The van der Waals surface area contributed by atoms with Crippen molar-refractivity contribution in [3.63, 3.8) is 0 Å². The number of nitrogens with zero attached hydrogens (tertiary/aromatic N) is 2. The first-order chi connectivity index (χ1) is 7.24. The van der Waals surface area contributed by atoms with Crippen molar-refractivity contribution in [2.45, 2.75) is 38.3 Å². The number of nitrogens with one attached hydrogen (secondary N) is 1. The molecule has 0 aromatic rings. The van der Waals surface area contributed by atoms with E-state index < -0.39 is 0 Å². The Morgan fingerprint density at radius 2 is 1.87 bits per heavy atom. The lowest BCUT2D eigenvalue weighted by atomic mass is 9.99. The van der Waals surface area contributed by atoms with Crippen molar-refractivity contribution < 1.29 is 0 Å². The Kier molecular flexibility index (Phi) is 4.00. The van der Waals surface area contributed by atoms with E-state index in [1.807, 2.05) is 0 Å². The van der Waals surface area contributed by atoms with E-state index in [1.54, 1.807) is 0 Å². The Bertz CT molecular complexity index is 187. The fourth-order valence-electron chi connectivity index (χ4n) is 2.73. The largest absolute Gasteiger partial charge is 0.310 e. The van der Waals surface area contributed by atoms with Crippen molar-refractivity contribution in [3.8, 4) is 0 Å². The van der Waals surface area contributed by atoms with Crippen molar-refractivity contribution in [1.82, 2.24) is 15.1 Å². The third kappa shape index (κ3) is 3.44. The summed E-state index contributed by atoms with van der Waals surface area (Å²) < 4.78 is 0. The summed E-state index contributed by atoms with van der Waals surface area (Å²) in [6.45, 7) is 8.56. The van der Waals surface area contributed by atoms with Crippen molar-refractivity contribution >= 4 is 0 Å². The van der Waals surface area contributed by atoms with Crippen molar-refractivity contribution in [2.75, 3.05) is 39.8 Å². The molecule has 2 rings (SSSR count). The molecule has 0 aromatic heterocycles. The number of piperidine rings is 1. The standard InChI is InChI=1S/C12H25N3/c1-11-4-3-5-12(13-11)10-15-8-6-14(2)7-9-15/h11-13H,3-10H2,1-2H3. The van der Waals surface area contributed by atoms with Gasteiger partial charge in [-0.3, -0.25) is 4.90 Å². The fraction of sp³-hybridized carbons (Fsp3) is 1.00. The highest BCUT2D eigenvalue weighted by molar-refractivity contribution is 4.82. The summed E-state index contributed by atoms with van der Waals surface area (Å²) in [7, 11) is 2.22. The van der Waals surface area contributed by atoms with Crippen LogP contribution in [-0.2, 0) is 0 Å². The molecule has 3 nitrogen and oxygen atoms in total. The number of hydrogen-bond donors (Lipinski definition) is 1. The zero-order valence-electron chi connectivity index (χ0n) is 10.2. The predicted molar refractivity (Wildman–Crippen MR) is 64.2 cm³/mol. The van der Waals surface area contributed by atoms with Gasteiger partial charge < -0.3 is 10.2 Å². The van der Waals surface area contributed by atoms with Crippen LogP contribution in [0.2, 0.25) is 0 Å². The van der Waals surface area contributed by atoms with E-state index in [4.69, 9.17) is 0 Å². The zero-order valence-corrected chi connectivity index (χ0v) is 10.2. The van der Waals surface area contributed by atoms with Gasteiger partial charge in [-0.15, -0.1) is 0 Å². The van der Waals surface area contributed by atoms with E-state index in [0.29, 0.717) is 0 Å². The molecule has 2 fully saturated rings. The summed E-state index contributed by atoms with van der Waals surface area (Å²) in [6, 6.07) is 1.48. The summed E-state index contributed by atoms with van der Waals surface area (Å²) in [5.74, 6) is 0. The number of piperazine rings is 1. The van der Waals surface area contributed by atoms with Gasteiger partial charge in [0.1, 0.15) is 0 Å². The molecule has 15 heavy (non-hydrogen) atoms. The van der Waals surface area contributed by atoms with Crippen molar-refractivity contribution in [2.24, 2.45) is 0 Å². The van der Waals surface area contributed by atoms with Gasteiger partial charge in [-0.05, 0) is 26.8 Å². The van der Waals surface area contributed by atoms with Crippen molar-refractivity contribution in [1.29, 1.82) is 0 Å². The Morgan fingerprint density at radius 3 is 2.53 bits per heavy atom. The molecule has 2 aliphatic rings. The quantitative estimate of drug-likeness (QED) is 0.728. The van der Waals surface area contributed by atoms with Crippen LogP contribution < -0.4 is 5.32 Å². The second-order valence-electron chi connectivity index (χ2n) is 5.30. The molecule has 0 radical (unpaired) electrons. The molecule has 0 aliphatic carbocycles. The van der Waals surface area contributed by atoms with Crippen LogP contribution in [0.1, 0.15) is 26.2 Å². The molecule has 0 spiro atoms. The van der Waals surface area contributed by atoms with E-state index in [2.05, 4.69) is 29.1 Å². The average molecular weight is 211 g/mol. The maximum absolute atomic E-state index is 3.72. The van der Waals surface area contributed by atoms with Crippen LogP contribution in [0, 0.1) is 0 Å². The molecule has 2 atom stereocenters. The third-order valence-electron chi connectivity index (χ3n) is 3.78. The van der Waals surface area contributed by atoms with Crippen LogP contribution in [0.5, 0.6) is 0 Å². The molecular formula is C12H25N3. The smallest absolute Gasteiger partial charge is 0.0197 e. The van der Waals surface area contributed by atoms with Gasteiger partial charge in [-0.25, -0.2) is 0 Å². The van der Waals surface area contributed by atoms with Gasteiger partial charge in [0.05, 0.1) is 0 Å². The second-order valence-corrected chi connectivity index (χ2v) is 5.30. The molecule has 2 heterocycles. The highest BCUT2D eigenvalue weighted by atomic mass is 15.3. The Balaban J connectivity index is 1.71. The lowest BCUT2D eigenvalue weighted by Crippen LogP contribution is -2.52. The molecule has 1 N–H and O–H groups in total. The van der Waals surface area contributed by atoms with Crippen molar-refractivity contribution in [3.05, 3.63) is 0 Å². The van der Waals surface area contributed by atoms with Gasteiger partial charge in [0, 0.05) is 44.8 Å². The van der Waals surface area contributed by atoms with Crippen LogP contribution in [0.4, 0.5) is 0 Å². The first kappa shape index (κ1) is 11.4. The minimum Gasteiger partial charge on any atom is -0.310 e. The van der Waals surface area contributed by atoms with Gasteiger partial charge in [-0.1, -0.05) is 6.42 Å². The molecule has 88 valence electrons. The summed E-state index contributed by atoms with van der Waals surface area (Å²) in [5.41, 5.74) is 0. The van der Waals surface area contributed by atoms with E-state index in [0.717, 1.165) is 12.1 Å². The molecule has 0 aromatic carbocycles. The first-order valence-corrected chi connectivity index (χ1v) is 6.41. The maximum atomic E-state index is 3.72. The molecule has 3 heteroatoms. The summed E-state index contributed by atoms with van der Waals surface area (Å²) in [6.07, 6.45) is 4.14. The van der Waals surface area contributed by atoms with Gasteiger partial charge >= 0.3 is 0 Å². The summed E-state index contributed by atoms with van der Waals surface area (Å²) in [4.78, 5) is 5.04. The number of hydrogen-bond acceptors (Lipinski definition) is 3. The van der Waals surface area contributed by atoms with E-state index in [-0.39, 0.29) is 0 Å². The molecule has 2 saturated heterocycles. The van der Waals surface area contributed by atoms with Gasteiger partial charge in [-0.2, -0.15) is 0 Å². The lowest BCUT2D eigenvalue weighted by Gasteiger charge is -2.37. The highest BCUT2D eigenvalue weighted by Gasteiger charge is 2.21. The predicted octanol–water partition coefficient (Wildman–Crippen LogP) is 0.764. The molecule has 0 amide bonds. The van der Waals surface area contributed by atoms with Gasteiger partial charge in [0.2, 0.25) is 0 Å². The Hall–Kier alpha value is -0.120. The second kappa shape index (κ2) is 5.28. The van der Waals surface area contributed by atoms with Gasteiger partial charge in [0.15, 0.2) is 0 Å². The Morgan fingerprint density at radius 1 is 1.13 bits per heavy atom. The van der Waals surface area contributed by atoms with Crippen LogP contribution >= 0.6 is 0 Å². The normalized spacial score (nSPS) is 35.6. The minimum absolute atomic E-state index is 0.733. The van der Waals surface area contributed by atoms with E-state index in [9.17, 15) is 0 Å². The van der Waals surface area contributed by atoms with Crippen LogP contribution in [-0.4, -0.2) is 61.7 Å². The maximum Gasteiger partial charge on any atom is 0.0197 e. The van der Waals surface area contributed by atoms with E-state index in [1.165, 1.54) is 52.0 Å². The van der Waals surface area contributed by atoms with Crippen LogP contribution in [0.15, 0.2) is 0 Å².